The van der Waals surface area contributed by atoms with Crippen LogP contribution in [0.4, 0.5) is 10.5 Å². The largest absolute Gasteiger partial charge is 0.329 e. The van der Waals surface area contributed by atoms with Gasteiger partial charge in [0.15, 0.2) is 0 Å². The normalized spacial score (nSPS) is 14.5. The van der Waals surface area contributed by atoms with Gasteiger partial charge in [0.1, 0.15) is 12.2 Å². The molecule has 2 N–H and O–H groups in total. The molecule has 0 unspecified atom stereocenters. The maximum absolute atomic E-state index is 12.7. The van der Waals surface area contributed by atoms with Gasteiger partial charge in [-0.05, 0) is 66.6 Å². The number of hydrogen-bond acceptors (Lipinski definition) is 4. The number of amides is 4. The highest BCUT2D eigenvalue weighted by molar-refractivity contribution is 7.99. The van der Waals surface area contributed by atoms with Crippen LogP contribution in [0.1, 0.15) is 11.1 Å². The number of para-hydroxylation sites is 1. The molecule has 0 spiro atoms. The van der Waals surface area contributed by atoms with E-state index in [2.05, 4.69) is 10.6 Å². The van der Waals surface area contributed by atoms with Gasteiger partial charge in [0.2, 0.25) is 5.91 Å². The minimum absolute atomic E-state index is 0.127. The third-order valence-corrected chi connectivity index (χ3v) is 6.19. The van der Waals surface area contributed by atoms with Gasteiger partial charge in [0, 0.05) is 20.5 Å². The van der Waals surface area contributed by atoms with Crippen LogP contribution in [-0.4, -0.2) is 29.3 Å². The summed E-state index contributed by atoms with van der Waals surface area (Å²) in [5, 5.41) is 5.96. The van der Waals surface area contributed by atoms with E-state index in [4.69, 9.17) is 11.6 Å². The van der Waals surface area contributed by atoms with E-state index in [0.29, 0.717) is 10.7 Å². The van der Waals surface area contributed by atoms with Crippen molar-refractivity contribution >= 4 is 53.0 Å². The van der Waals surface area contributed by atoms with E-state index >= 15 is 0 Å². The first-order valence-corrected chi connectivity index (χ1v) is 11.3. The number of benzene rings is 3. The van der Waals surface area contributed by atoms with Crippen LogP contribution >= 0.6 is 23.4 Å². The molecule has 8 heteroatoms. The molecule has 1 fully saturated rings. The van der Waals surface area contributed by atoms with Crippen molar-refractivity contribution in [1.82, 2.24) is 10.2 Å². The summed E-state index contributed by atoms with van der Waals surface area (Å²) < 4.78 is 0. The van der Waals surface area contributed by atoms with Crippen LogP contribution in [0.3, 0.4) is 0 Å². The maximum Gasteiger partial charge on any atom is 0.329 e. The van der Waals surface area contributed by atoms with E-state index in [-0.39, 0.29) is 12.2 Å². The number of hydrogen-bond donors (Lipinski definition) is 2. The highest BCUT2D eigenvalue weighted by atomic mass is 35.5. The van der Waals surface area contributed by atoms with Crippen LogP contribution in [0.25, 0.3) is 6.08 Å². The number of rotatable bonds is 6. The molecule has 1 heterocycles. The first-order chi connectivity index (χ1) is 15.9. The van der Waals surface area contributed by atoms with Crippen molar-refractivity contribution in [1.29, 1.82) is 0 Å². The first-order valence-electron chi connectivity index (χ1n) is 10.1. The molecule has 0 radical (unpaired) electrons. The number of urea groups is 1. The quantitative estimate of drug-likeness (QED) is 0.371. The fraction of sp³-hybridized carbons (Fsp3) is 0.0800. The van der Waals surface area contributed by atoms with Crippen LogP contribution in [0.15, 0.2) is 88.3 Å². The van der Waals surface area contributed by atoms with Crippen molar-refractivity contribution in [3.8, 4) is 0 Å². The van der Waals surface area contributed by atoms with Crippen molar-refractivity contribution in [2.24, 2.45) is 0 Å². The molecule has 0 atom stereocenters. The summed E-state index contributed by atoms with van der Waals surface area (Å²) in [5.74, 6) is -0.989. The van der Waals surface area contributed by atoms with Gasteiger partial charge in [0.05, 0.1) is 0 Å². The van der Waals surface area contributed by atoms with Crippen molar-refractivity contribution in [2.75, 3.05) is 11.9 Å². The van der Waals surface area contributed by atoms with Gasteiger partial charge >= 0.3 is 6.03 Å². The van der Waals surface area contributed by atoms with E-state index in [1.54, 1.807) is 30.0 Å². The molecule has 166 valence electrons. The van der Waals surface area contributed by atoms with E-state index in [0.717, 1.165) is 25.8 Å². The van der Waals surface area contributed by atoms with Crippen LogP contribution < -0.4 is 10.6 Å². The average Bonchev–Trinajstić information content (AvgIpc) is 3.05. The Morgan fingerprint density at radius 2 is 1.64 bits per heavy atom. The Balaban J connectivity index is 1.40. The summed E-state index contributed by atoms with van der Waals surface area (Å²) in [5.41, 5.74) is 2.41. The fourth-order valence-corrected chi connectivity index (χ4v) is 4.14. The molecule has 0 aromatic heterocycles. The molecule has 0 saturated carbocycles. The molecule has 3 aromatic carbocycles. The average molecular weight is 478 g/mol. The van der Waals surface area contributed by atoms with Crippen LogP contribution in [-0.2, 0) is 9.59 Å². The zero-order valence-electron chi connectivity index (χ0n) is 17.7. The highest BCUT2D eigenvalue weighted by Gasteiger charge is 2.34. The van der Waals surface area contributed by atoms with Crippen LogP contribution in [0, 0.1) is 6.92 Å². The SMILES string of the molecule is Cc1ccccc1NC(=O)CN1C(=O)N/C(=C/c2ccc(Sc3ccc(Cl)cc3)cc2)C1=O. The Labute approximate surface area is 200 Å². The number of nitrogens with zero attached hydrogens (tertiary/aromatic N) is 1. The minimum Gasteiger partial charge on any atom is -0.324 e. The number of carbonyl (C=O) groups is 3. The number of imide groups is 1. The summed E-state index contributed by atoms with van der Waals surface area (Å²) >= 11 is 7.51. The lowest BCUT2D eigenvalue weighted by Crippen LogP contribution is -2.38. The lowest BCUT2D eigenvalue weighted by atomic mass is 10.2. The first kappa shape index (κ1) is 22.6. The molecular formula is C25H20ClN3O3S. The molecule has 1 aliphatic heterocycles. The van der Waals surface area contributed by atoms with Gasteiger partial charge in [-0.1, -0.05) is 53.7 Å². The zero-order valence-corrected chi connectivity index (χ0v) is 19.2. The molecule has 6 nitrogen and oxygen atoms in total. The van der Waals surface area contributed by atoms with Gasteiger partial charge in [-0.15, -0.1) is 0 Å². The molecule has 4 rings (SSSR count). The Kier molecular flexibility index (Phi) is 6.82. The Morgan fingerprint density at radius 3 is 2.30 bits per heavy atom. The van der Waals surface area contributed by atoms with Crippen LogP contribution in [0.2, 0.25) is 5.02 Å². The van der Waals surface area contributed by atoms with Gasteiger partial charge in [-0.3, -0.25) is 9.59 Å². The molecule has 3 aromatic rings. The Morgan fingerprint density at radius 1 is 1.00 bits per heavy atom. The predicted octanol–water partition coefficient (Wildman–Crippen LogP) is 5.33. The molecule has 33 heavy (non-hydrogen) atoms. The predicted molar refractivity (Wildman–Crippen MR) is 130 cm³/mol. The highest BCUT2D eigenvalue weighted by Crippen LogP contribution is 2.29. The zero-order chi connectivity index (χ0) is 23.4. The standard InChI is InChI=1S/C25H20ClN3O3S/c1-16-4-2-3-5-21(16)27-23(30)15-29-24(31)22(28-25(29)32)14-17-6-10-19(11-7-17)33-20-12-8-18(26)9-13-20/h2-14H,15H2,1H3,(H,27,30)(H,28,32)/b22-14+. The van der Waals surface area contributed by atoms with E-state index in [1.165, 1.54) is 0 Å². The second kappa shape index (κ2) is 9.94. The molecule has 0 aliphatic carbocycles. The van der Waals surface area contributed by atoms with Crippen molar-refractivity contribution in [3.63, 3.8) is 0 Å². The monoisotopic (exact) mass is 477 g/mol. The van der Waals surface area contributed by atoms with E-state index in [1.807, 2.05) is 67.6 Å². The third-order valence-electron chi connectivity index (χ3n) is 4.92. The Bertz CT molecular complexity index is 1240. The summed E-state index contributed by atoms with van der Waals surface area (Å²) in [7, 11) is 0. The fourth-order valence-electron chi connectivity index (χ4n) is 3.20. The maximum atomic E-state index is 12.7. The van der Waals surface area contributed by atoms with Crippen molar-refractivity contribution < 1.29 is 14.4 Å². The van der Waals surface area contributed by atoms with Crippen LogP contribution in [0.5, 0.6) is 0 Å². The summed E-state index contributed by atoms with van der Waals surface area (Å²) in [6.45, 7) is 1.50. The third kappa shape index (κ3) is 5.63. The number of nitrogens with one attached hydrogen (secondary N) is 2. The molecule has 1 aliphatic rings. The number of anilines is 1. The van der Waals surface area contributed by atoms with E-state index < -0.39 is 17.8 Å². The number of carbonyl (C=O) groups excluding carboxylic acids is 3. The molecule has 4 amide bonds. The Hall–Kier alpha value is -3.55. The van der Waals surface area contributed by atoms with Gasteiger partial charge in [0.25, 0.3) is 5.91 Å². The minimum atomic E-state index is -0.624. The molecule has 1 saturated heterocycles. The van der Waals surface area contributed by atoms with Gasteiger partial charge in [-0.2, -0.15) is 0 Å². The van der Waals surface area contributed by atoms with Crippen molar-refractivity contribution in [2.45, 2.75) is 16.7 Å². The second-order valence-corrected chi connectivity index (χ2v) is 8.95. The lowest BCUT2D eigenvalue weighted by molar-refractivity contribution is -0.127. The smallest absolute Gasteiger partial charge is 0.324 e. The molecular weight excluding hydrogens is 458 g/mol. The van der Waals surface area contributed by atoms with Crippen molar-refractivity contribution in [3.05, 3.63) is 94.6 Å². The topological polar surface area (TPSA) is 78.5 Å². The second-order valence-electron chi connectivity index (χ2n) is 7.37. The molecule has 0 bridgehead atoms. The summed E-state index contributed by atoms with van der Waals surface area (Å²) in [6.07, 6.45) is 1.59. The van der Waals surface area contributed by atoms with Gasteiger partial charge < -0.3 is 10.6 Å². The lowest BCUT2D eigenvalue weighted by Gasteiger charge is -2.13. The van der Waals surface area contributed by atoms with Gasteiger partial charge in [-0.25, -0.2) is 9.69 Å². The number of halogens is 1. The summed E-state index contributed by atoms with van der Waals surface area (Å²) in [4.78, 5) is 40.3. The number of aryl methyl sites for hydroxylation is 1. The summed E-state index contributed by atoms with van der Waals surface area (Å²) in [6, 6.07) is 21.8. The van der Waals surface area contributed by atoms with E-state index in [9.17, 15) is 14.4 Å².